The zero-order valence-corrected chi connectivity index (χ0v) is 13.0. The fourth-order valence-corrected chi connectivity index (χ4v) is 2.56. The first-order valence-corrected chi connectivity index (χ1v) is 7.84. The van der Waals surface area contributed by atoms with E-state index in [1.165, 1.54) is 12.1 Å². The lowest BCUT2D eigenvalue weighted by Gasteiger charge is -2.21. The number of benzene rings is 1. The molecule has 1 aliphatic carbocycles. The Morgan fingerprint density at radius 3 is 2.83 bits per heavy atom. The molecule has 1 heterocycles. The molecule has 5 nitrogen and oxygen atoms in total. The molecule has 0 radical (unpaired) electrons. The molecule has 1 unspecified atom stereocenters. The minimum atomic E-state index is -0.708. The summed E-state index contributed by atoms with van der Waals surface area (Å²) >= 11 is 0. The maximum atomic E-state index is 13.7. The third kappa shape index (κ3) is 3.36. The van der Waals surface area contributed by atoms with Gasteiger partial charge < -0.3 is 10.1 Å². The van der Waals surface area contributed by atoms with Gasteiger partial charge in [0, 0.05) is 18.9 Å². The third-order valence-electron chi connectivity index (χ3n) is 4.18. The van der Waals surface area contributed by atoms with E-state index in [4.69, 9.17) is 4.74 Å². The fraction of sp³-hybridized carbons (Fsp3) is 0.412. The highest BCUT2D eigenvalue weighted by Crippen LogP contribution is 2.42. The van der Waals surface area contributed by atoms with E-state index in [0.717, 1.165) is 12.8 Å². The maximum absolute atomic E-state index is 13.7. The molecule has 1 aromatic carbocycles. The van der Waals surface area contributed by atoms with E-state index < -0.39 is 11.9 Å². The van der Waals surface area contributed by atoms with Gasteiger partial charge in [0.25, 0.3) is 5.91 Å². The molecule has 6 heteroatoms. The molecule has 2 aromatic rings. The van der Waals surface area contributed by atoms with E-state index in [9.17, 15) is 9.18 Å². The van der Waals surface area contributed by atoms with Gasteiger partial charge >= 0.3 is 0 Å². The highest BCUT2D eigenvalue weighted by molar-refractivity contribution is 5.81. The van der Waals surface area contributed by atoms with Crippen LogP contribution in [0.1, 0.15) is 26.2 Å². The Balaban J connectivity index is 1.59. The number of nitrogens with one attached hydrogen (secondary N) is 1. The first-order chi connectivity index (χ1) is 11.1. The second kappa shape index (κ2) is 6.40. The Hall–Kier alpha value is -2.37. The lowest BCUT2D eigenvalue weighted by atomic mass is 10.2. The molecule has 1 saturated carbocycles. The SMILES string of the molecule is CCC(Oc1ccccc1F)C(=O)NCC1(n2cccn2)CC1. The van der Waals surface area contributed by atoms with Crippen LogP contribution in [0.4, 0.5) is 4.39 Å². The second-order valence-corrected chi connectivity index (χ2v) is 5.84. The van der Waals surface area contributed by atoms with Gasteiger partial charge in [0.2, 0.25) is 0 Å². The van der Waals surface area contributed by atoms with Crippen LogP contribution in [0, 0.1) is 5.82 Å². The number of hydrogen-bond donors (Lipinski definition) is 1. The first kappa shape index (κ1) is 15.5. The molecule has 1 fully saturated rings. The summed E-state index contributed by atoms with van der Waals surface area (Å²) in [5, 5.41) is 7.17. The Morgan fingerprint density at radius 1 is 1.43 bits per heavy atom. The standard InChI is InChI=1S/C17H20FN3O2/c1-2-14(23-15-7-4-3-6-13(15)18)16(22)19-12-17(8-9-17)21-11-5-10-20-21/h3-7,10-11,14H,2,8-9,12H2,1H3,(H,19,22). The second-order valence-electron chi connectivity index (χ2n) is 5.84. The van der Waals surface area contributed by atoms with Crippen LogP contribution in [-0.4, -0.2) is 28.3 Å². The molecular weight excluding hydrogens is 297 g/mol. The Bertz CT molecular complexity index is 668. The van der Waals surface area contributed by atoms with Gasteiger partial charge in [-0.1, -0.05) is 19.1 Å². The smallest absolute Gasteiger partial charge is 0.261 e. The number of carbonyl (C=O) groups excluding carboxylic acids is 1. The molecule has 0 saturated heterocycles. The van der Waals surface area contributed by atoms with Crippen LogP contribution < -0.4 is 10.1 Å². The molecule has 1 aliphatic rings. The Morgan fingerprint density at radius 2 is 2.22 bits per heavy atom. The molecule has 1 amide bonds. The van der Waals surface area contributed by atoms with Gasteiger partial charge in [-0.05, 0) is 37.5 Å². The van der Waals surface area contributed by atoms with Crippen LogP contribution in [0.25, 0.3) is 0 Å². The van der Waals surface area contributed by atoms with Crippen molar-refractivity contribution in [3.63, 3.8) is 0 Å². The number of hydrogen-bond acceptors (Lipinski definition) is 3. The van der Waals surface area contributed by atoms with Gasteiger partial charge in [-0.15, -0.1) is 0 Å². The maximum Gasteiger partial charge on any atom is 0.261 e. The average Bonchev–Trinajstić information content (AvgIpc) is 3.14. The van der Waals surface area contributed by atoms with Gasteiger partial charge in [-0.3, -0.25) is 9.48 Å². The summed E-state index contributed by atoms with van der Waals surface area (Å²) in [4.78, 5) is 12.3. The average molecular weight is 317 g/mol. The largest absolute Gasteiger partial charge is 0.478 e. The summed E-state index contributed by atoms with van der Waals surface area (Å²) in [6.45, 7) is 2.34. The van der Waals surface area contributed by atoms with Crippen molar-refractivity contribution in [2.24, 2.45) is 0 Å². The zero-order chi connectivity index (χ0) is 16.3. The van der Waals surface area contributed by atoms with Crippen LogP contribution >= 0.6 is 0 Å². The van der Waals surface area contributed by atoms with Crippen molar-refractivity contribution in [1.29, 1.82) is 0 Å². The van der Waals surface area contributed by atoms with Gasteiger partial charge in [0.1, 0.15) is 0 Å². The number of carbonyl (C=O) groups is 1. The van der Waals surface area contributed by atoms with Crippen LogP contribution in [0.2, 0.25) is 0 Å². The van der Waals surface area contributed by atoms with Crippen LogP contribution in [-0.2, 0) is 10.3 Å². The predicted octanol–water partition coefficient (Wildman–Crippen LogP) is 2.49. The fourth-order valence-electron chi connectivity index (χ4n) is 2.56. The van der Waals surface area contributed by atoms with Crippen LogP contribution in [0.5, 0.6) is 5.75 Å². The van der Waals surface area contributed by atoms with Gasteiger partial charge in [-0.25, -0.2) is 4.39 Å². The number of aromatic nitrogens is 2. The van der Waals surface area contributed by atoms with E-state index >= 15 is 0 Å². The highest BCUT2D eigenvalue weighted by atomic mass is 19.1. The van der Waals surface area contributed by atoms with E-state index in [1.54, 1.807) is 18.3 Å². The van der Waals surface area contributed by atoms with E-state index in [2.05, 4.69) is 10.4 Å². The molecule has 0 aliphatic heterocycles. The van der Waals surface area contributed by atoms with Crippen molar-refractivity contribution in [3.8, 4) is 5.75 Å². The lowest BCUT2D eigenvalue weighted by molar-refractivity contribution is -0.128. The molecule has 1 N–H and O–H groups in total. The number of rotatable bonds is 7. The minimum Gasteiger partial charge on any atom is -0.478 e. The van der Waals surface area contributed by atoms with Crippen molar-refractivity contribution in [2.45, 2.75) is 37.8 Å². The number of halogens is 1. The normalized spacial score (nSPS) is 16.6. The van der Waals surface area contributed by atoms with E-state index in [-0.39, 0.29) is 17.2 Å². The number of para-hydroxylation sites is 1. The summed E-state index contributed by atoms with van der Waals surface area (Å²) in [7, 11) is 0. The van der Waals surface area contributed by atoms with Crippen molar-refractivity contribution in [2.75, 3.05) is 6.54 Å². The number of nitrogens with zero attached hydrogens (tertiary/aromatic N) is 2. The summed E-state index contributed by atoms with van der Waals surface area (Å²) in [5.41, 5.74) is -0.116. The van der Waals surface area contributed by atoms with Crippen molar-refractivity contribution >= 4 is 5.91 Å². The first-order valence-electron chi connectivity index (χ1n) is 7.84. The van der Waals surface area contributed by atoms with Crippen molar-refractivity contribution in [3.05, 3.63) is 48.5 Å². The summed E-state index contributed by atoms with van der Waals surface area (Å²) in [6, 6.07) is 7.98. The molecule has 122 valence electrons. The zero-order valence-electron chi connectivity index (χ0n) is 13.0. The number of ether oxygens (including phenoxy) is 1. The Labute approximate surface area is 134 Å². The lowest BCUT2D eigenvalue weighted by Crippen LogP contribution is -2.43. The molecule has 1 atom stereocenters. The summed E-state index contributed by atoms with van der Waals surface area (Å²) < 4.78 is 21.1. The van der Waals surface area contributed by atoms with Crippen molar-refractivity contribution in [1.82, 2.24) is 15.1 Å². The van der Waals surface area contributed by atoms with E-state index in [1.807, 2.05) is 23.9 Å². The van der Waals surface area contributed by atoms with E-state index in [0.29, 0.717) is 13.0 Å². The van der Waals surface area contributed by atoms with Gasteiger partial charge in [0.05, 0.1) is 5.54 Å². The predicted molar refractivity (Wildman–Crippen MR) is 83.6 cm³/mol. The molecule has 1 aromatic heterocycles. The summed E-state index contributed by atoms with van der Waals surface area (Å²) in [5.74, 6) is -0.592. The highest BCUT2D eigenvalue weighted by Gasteiger charge is 2.45. The Kier molecular flexibility index (Phi) is 4.32. The topological polar surface area (TPSA) is 56.1 Å². The molecule has 0 bridgehead atoms. The van der Waals surface area contributed by atoms with Crippen LogP contribution in [0.15, 0.2) is 42.7 Å². The number of amides is 1. The van der Waals surface area contributed by atoms with Crippen LogP contribution in [0.3, 0.4) is 0 Å². The van der Waals surface area contributed by atoms with Gasteiger partial charge in [0.15, 0.2) is 17.7 Å². The summed E-state index contributed by atoms with van der Waals surface area (Å²) in [6.07, 6.45) is 5.37. The quantitative estimate of drug-likeness (QED) is 0.853. The molecule has 23 heavy (non-hydrogen) atoms. The molecule has 0 spiro atoms. The van der Waals surface area contributed by atoms with Gasteiger partial charge in [-0.2, -0.15) is 5.10 Å². The molecule has 3 rings (SSSR count). The van der Waals surface area contributed by atoms with Crippen molar-refractivity contribution < 1.29 is 13.9 Å². The third-order valence-corrected chi connectivity index (χ3v) is 4.18. The minimum absolute atomic E-state index is 0.0997. The monoisotopic (exact) mass is 317 g/mol. The molecular formula is C17H20FN3O2.